The zero-order valence-electron chi connectivity index (χ0n) is 12.6. The SMILES string of the molecule is N#Cc1cccc(C=NNC(=O)c2cc3ccccc3cc2O)c1. The van der Waals surface area contributed by atoms with E-state index in [9.17, 15) is 9.90 Å². The van der Waals surface area contributed by atoms with Crippen LogP contribution in [0.25, 0.3) is 10.8 Å². The number of hydrogen-bond donors (Lipinski definition) is 2. The molecule has 0 aliphatic rings. The lowest BCUT2D eigenvalue weighted by Crippen LogP contribution is -2.17. The first kappa shape index (κ1) is 15.3. The summed E-state index contributed by atoms with van der Waals surface area (Å²) in [6.07, 6.45) is 1.44. The third-order valence-electron chi connectivity index (χ3n) is 3.50. The molecule has 0 aromatic heterocycles. The molecular weight excluding hydrogens is 302 g/mol. The molecule has 0 saturated heterocycles. The monoisotopic (exact) mass is 315 g/mol. The Morgan fingerprint density at radius 1 is 1.08 bits per heavy atom. The average molecular weight is 315 g/mol. The Morgan fingerprint density at radius 2 is 1.83 bits per heavy atom. The predicted molar refractivity (Wildman–Crippen MR) is 91.8 cm³/mol. The van der Waals surface area contributed by atoms with Gasteiger partial charge in [-0.3, -0.25) is 4.79 Å². The first-order valence-corrected chi connectivity index (χ1v) is 7.23. The van der Waals surface area contributed by atoms with Crippen LogP contribution in [-0.2, 0) is 0 Å². The fourth-order valence-corrected chi connectivity index (χ4v) is 2.32. The maximum absolute atomic E-state index is 12.2. The second kappa shape index (κ2) is 6.63. The van der Waals surface area contributed by atoms with Crippen molar-refractivity contribution in [2.24, 2.45) is 5.10 Å². The van der Waals surface area contributed by atoms with Gasteiger partial charge in [-0.1, -0.05) is 36.4 Å². The molecule has 0 unspecified atom stereocenters. The molecule has 3 aromatic carbocycles. The number of aromatic hydroxyl groups is 1. The Kier molecular flexibility index (Phi) is 4.21. The summed E-state index contributed by atoms with van der Waals surface area (Å²) < 4.78 is 0. The van der Waals surface area contributed by atoms with E-state index in [0.717, 1.165) is 10.8 Å². The van der Waals surface area contributed by atoms with Gasteiger partial charge in [0.25, 0.3) is 5.91 Å². The minimum Gasteiger partial charge on any atom is -0.507 e. The molecule has 116 valence electrons. The molecule has 5 nitrogen and oxygen atoms in total. The third kappa shape index (κ3) is 3.23. The lowest BCUT2D eigenvalue weighted by Gasteiger charge is -2.05. The maximum Gasteiger partial charge on any atom is 0.275 e. The lowest BCUT2D eigenvalue weighted by molar-refractivity contribution is 0.0952. The summed E-state index contributed by atoms with van der Waals surface area (Å²) in [6.45, 7) is 0. The number of fused-ring (bicyclic) bond motifs is 1. The van der Waals surface area contributed by atoms with E-state index >= 15 is 0 Å². The zero-order valence-corrected chi connectivity index (χ0v) is 12.6. The normalized spacial score (nSPS) is 10.6. The molecule has 3 rings (SSSR count). The predicted octanol–water partition coefficient (Wildman–Crippen LogP) is 3.18. The van der Waals surface area contributed by atoms with Gasteiger partial charge in [-0.2, -0.15) is 10.4 Å². The second-order valence-corrected chi connectivity index (χ2v) is 5.15. The molecule has 0 heterocycles. The molecule has 0 spiro atoms. The molecule has 0 radical (unpaired) electrons. The molecular formula is C19H13N3O2. The van der Waals surface area contributed by atoms with Gasteiger partial charge >= 0.3 is 0 Å². The van der Waals surface area contributed by atoms with E-state index in [-0.39, 0.29) is 11.3 Å². The van der Waals surface area contributed by atoms with Crippen molar-refractivity contribution in [3.63, 3.8) is 0 Å². The van der Waals surface area contributed by atoms with Crippen molar-refractivity contribution in [1.82, 2.24) is 5.43 Å². The van der Waals surface area contributed by atoms with Gasteiger partial charge in [0.05, 0.1) is 23.4 Å². The van der Waals surface area contributed by atoms with Gasteiger partial charge < -0.3 is 5.11 Å². The number of carbonyl (C=O) groups is 1. The number of phenolic OH excluding ortho intramolecular Hbond substituents is 1. The smallest absolute Gasteiger partial charge is 0.275 e. The van der Waals surface area contributed by atoms with Crippen LogP contribution in [0.1, 0.15) is 21.5 Å². The summed E-state index contributed by atoms with van der Waals surface area (Å²) in [5, 5.41) is 24.4. The van der Waals surface area contributed by atoms with E-state index in [1.807, 2.05) is 30.3 Å². The van der Waals surface area contributed by atoms with Crippen molar-refractivity contribution in [1.29, 1.82) is 5.26 Å². The van der Waals surface area contributed by atoms with E-state index < -0.39 is 5.91 Å². The third-order valence-corrected chi connectivity index (χ3v) is 3.50. The van der Waals surface area contributed by atoms with Gasteiger partial charge in [-0.25, -0.2) is 5.43 Å². The van der Waals surface area contributed by atoms with Crippen LogP contribution in [0.4, 0.5) is 0 Å². The Balaban J connectivity index is 1.78. The maximum atomic E-state index is 12.2. The quantitative estimate of drug-likeness (QED) is 0.575. The fraction of sp³-hybridized carbons (Fsp3) is 0. The van der Waals surface area contributed by atoms with Crippen LogP contribution in [0.3, 0.4) is 0 Å². The topological polar surface area (TPSA) is 85.5 Å². The first-order chi connectivity index (χ1) is 11.7. The minimum absolute atomic E-state index is 0.104. The Morgan fingerprint density at radius 3 is 2.58 bits per heavy atom. The number of benzene rings is 3. The molecule has 5 heteroatoms. The minimum atomic E-state index is -0.508. The molecule has 0 fully saturated rings. The van der Waals surface area contributed by atoms with Crippen LogP contribution in [0.15, 0.2) is 65.8 Å². The van der Waals surface area contributed by atoms with Gasteiger partial charge in [-0.05, 0) is 40.6 Å². The van der Waals surface area contributed by atoms with Crippen LogP contribution in [-0.4, -0.2) is 17.2 Å². The van der Waals surface area contributed by atoms with Crippen molar-refractivity contribution in [2.75, 3.05) is 0 Å². The number of nitrogens with zero attached hydrogens (tertiary/aromatic N) is 2. The zero-order chi connectivity index (χ0) is 16.9. The number of carbonyl (C=O) groups excluding carboxylic acids is 1. The van der Waals surface area contributed by atoms with Gasteiger partial charge in [-0.15, -0.1) is 0 Å². The Bertz CT molecular complexity index is 987. The number of phenols is 1. The van der Waals surface area contributed by atoms with Crippen molar-refractivity contribution in [3.05, 3.63) is 77.4 Å². The molecule has 0 atom stereocenters. The highest BCUT2D eigenvalue weighted by atomic mass is 16.3. The first-order valence-electron chi connectivity index (χ1n) is 7.23. The molecule has 0 bridgehead atoms. The second-order valence-electron chi connectivity index (χ2n) is 5.15. The van der Waals surface area contributed by atoms with E-state index in [2.05, 4.69) is 10.5 Å². The van der Waals surface area contributed by atoms with Crippen LogP contribution in [0, 0.1) is 11.3 Å². The molecule has 0 aliphatic heterocycles. The molecule has 2 N–H and O–H groups in total. The number of nitriles is 1. The summed E-state index contributed by atoms with van der Waals surface area (Å²) in [5.74, 6) is -0.612. The summed E-state index contributed by atoms with van der Waals surface area (Å²) in [7, 11) is 0. The van der Waals surface area contributed by atoms with Gasteiger partial charge in [0.1, 0.15) is 5.75 Å². The number of nitrogens with one attached hydrogen (secondary N) is 1. The number of hydrazone groups is 1. The summed E-state index contributed by atoms with van der Waals surface area (Å²) in [6, 6.07) is 19.5. The fourth-order valence-electron chi connectivity index (χ4n) is 2.32. The van der Waals surface area contributed by atoms with Crippen LogP contribution >= 0.6 is 0 Å². The number of hydrogen-bond acceptors (Lipinski definition) is 4. The van der Waals surface area contributed by atoms with E-state index in [1.54, 1.807) is 36.4 Å². The van der Waals surface area contributed by atoms with E-state index in [4.69, 9.17) is 5.26 Å². The molecule has 3 aromatic rings. The number of rotatable bonds is 3. The standard InChI is InChI=1S/C19H13N3O2/c20-11-13-4-3-5-14(8-13)12-21-22-19(24)17-9-15-6-1-2-7-16(15)10-18(17)23/h1-10,12,23H,(H,22,24). The van der Waals surface area contributed by atoms with Crippen molar-refractivity contribution >= 4 is 22.9 Å². The van der Waals surface area contributed by atoms with Gasteiger partial charge in [0, 0.05) is 0 Å². The summed E-state index contributed by atoms with van der Waals surface area (Å²) >= 11 is 0. The number of amides is 1. The van der Waals surface area contributed by atoms with E-state index in [0.29, 0.717) is 11.1 Å². The van der Waals surface area contributed by atoms with Crippen molar-refractivity contribution in [3.8, 4) is 11.8 Å². The molecule has 1 amide bonds. The highest BCUT2D eigenvalue weighted by Gasteiger charge is 2.11. The molecule has 0 aliphatic carbocycles. The summed E-state index contributed by atoms with van der Waals surface area (Å²) in [4.78, 5) is 12.2. The van der Waals surface area contributed by atoms with Crippen molar-refractivity contribution in [2.45, 2.75) is 0 Å². The van der Waals surface area contributed by atoms with Crippen molar-refractivity contribution < 1.29 is 9.90 Å². The van der Waals surface area contributed by atoms with Gasteiger partial charge in [0.15, 0.2) is 0 Å². The molecule has 24 heavy (non-hydrogen) atoms. The largest absolute Gasteiger partial charge is 0.507 e. The Labute approximate surface area is 138 Å². The van der Waals surface area contributed by atoms with Crippen LogP contribution < -0.4 is 5.43 Å². The van der Waals surface area contributed by atoms with Gasteiger partial charge in [0.2, 0.25) is 0 Å². The molecule has 0 saturated carbocycles. The average Bonchev–Trinajstić information content (AvgIpc) is 2.61. The Hall–Kier alpha value is -3.65. The van der Waals surface area contributed by atoms with E-state index in [1.165, 1.54) is 6.21 Å². The lowest BCUT2D eigenvalue weighted by atomic mass is 10.1. The van der Waals surface area contributed by atoms with Crippen LogP contribution in [0.5, 0.6) is 5.75 Å². The summed E-state index contributed by atoms with van der Waals surface area (Å²) in [5.41, 5.74) is 3.73. The highest BCUT2D eigenvalue weighted by molar-refractivity contribution is 6.01. The highest BCUT2D eigenvalue weighted by Crippen LogP contribution is 2.24. The van der Waals surface area contributed by atoms with Crippen LogP contribution in [0.2, 0.25) is 0 Å².